The molecule has 0 spiro atoms. The molecule has 0 aliphatic rings. The van der Waals surface area contributed by atoms with Gasteiger partial charge in [0.1, 0.15) is 11.9 Å². The summed E-state index contributed by atoms with van der Waals surface area (Å²) in [7, 11) is 1.52. The topological polar surface area (TPSA) is 29.5 Å². The van der Waals surface area contributed by atoms with E-state index in [1.807, 2.05) is 6.07 Å². The van der Waals surface area contributed by atoms with E-state index in [1.54, 1.807) is 12.1 Å². The number of aliphatic hydroxyl groups excluding tert-OH is 1. The average Bonchev–Trinajstić information content (AvgIpc) is 2.18. The number of alkyl halides is 1. The van der Waals surface area contributed by atoms with Crippen molar-refractivity contribution >= 4 is 0 Å². The highest BCUT2D eigenvalue weighted by molar-refractivity contribution is 5.42. The van der Waals surface area contributed by atoms with Crippen LogP contribution in [0.2, 0.25) is 0 Å². The van der Waals surface area contributed by atoms with Gasteiger partial charge in [0.15, 0.2) is 0 Å². The van der Waals surface area contributed by atoms with E-state index in [9.17, 15) is 4.39 Å². The van der Waals surface area contributed by atoms with Crippen molar-refractivity contribution in [2.75, 3.05) is 13.7 Å². The molecule has 0 saturated carbocycles. The molecular weight excluding hydrogens is 183 g/mol. The number of hydrogen-bond acceptors (Lipinski definition) is 2. The number of methoxy groups -OCH3 is 1. The number of halogens is 1. The third-order valence-corrected chi connectivity index (χ3v) is 2.14. The summed E-state index contributed by atoms with van der Waals surface area (Å²) in [5, 5.41) is 8.82. The minimum atomic E-state index is -1.05. The minimum Gasteiger partial charge on any atom is -0.496 e. The molecule has 1 rings (SSSR count). The van der Waals surface area contributed by atoms with Gasteiger partial charge in [-0.15, -0.1) is 0 Å². The van der Waals surface area contributed by atoms with E-state index in [0.717, 1.165) is 5.56 Å². The van der Waals surface area contributed by atoms with Crippen molar-refractivity contribution < 1.29 is 14.2 Å². The molecule has 0 aliphatic heterocycles. The monoisotopic (exact) mass is 198 g/mol. The number of para-hydroxylation sites is 1. The molecule has 78 valence electrons. The Morgan fingerprint density at radius 3 is 2.71 bits per heavy atom. The van der Waals surface area contributed by atoms with E-state index in [-0.39, 0.29) is 6.61 Å². The first-order valence-corrected chi connectivity index (χ1v) is 4.61. The molecule has 0 saturated heterocycles. The standard InChI is InChI=1S/C11H15FO2/c1-8(12)10-5-3-4-9(6-7-13)11(10)14-2/h3-5,8,13H,6-7H2,1-2H3. The van der Waals surface area contributed by atoms with Crippen LogP contribution >= 0.6 is 0 Å². The Hall–Kier alpha value is -1.09. The second kappa shape index (κ2) is 4.96. The molecule has 1 atom stereocenters. The lowest BCUT2D eigenvalue weighted by Crippen LogP contribution is -2.00. The fourth-order valence-electron chi connectivity index (χ4n) is 1.48. The molecular formula is C11H15FO2. The molecule has 0 aliphatic carbocycles. The lowest BCUT2D eigenvalue weighted by Gasteiger charge is -2.13. The minimum absolute atomic E-state index is 0.0421. The molecule has 0 bridgehead atoms. The highest BCUT2D eigenvalue weighted by atomic mass is 19.1. The maximum absolute atomic E-state index is 13.2. The molecule has 0 fully saturated rings. The molecule has 1 unspecified atom stereocenters. The van der Waals surface area contributed by atoms with Gasteiger partial charge in [0.2, 0.25) is 0 Å². The molecule has 1 aromatic rings. The summed E-state index contributed by atoms with van der Waals surface area (Å²) in [5.41, 5.74) is 1.38. The summed E-state index contributed by atoms with van der Waals surface area (Å²) in [5.74, 6) is 0.552. The van der Waals surface area contributed by atoms with E-state index in [0.29, 0.717) is 17.7 Å². The quantitative estimate of drug-likeness (QED) is 0.804. The van der Waals surface area contributed by atoms with Crippen LogP contribution < -0.4 is 4.74 Å². The molecule has 1 N–H and O–H groups in total. The highest BCUT2D eigenvalue weighted by Crippen LogP contribution is 2.30. The zero-order valence-electron chi connectivity index (χ0n) is 8.46. The Kier molecular flexibility index (Phi) is 3.89. The van der Waals surface area contributed by atoms with Crippen molar-refractivity contribution in [1.29, 1.82) is 0 Å². The first-order valence-electron chi connectivity index (χ1n) is 4.61. The van der Waals surface area contributed by atoms with E-state index in [4.69, 9.17) is 9.84 Å². The zero-order chi connectivity index (χ0) is 10.6. The Morgan fingerprint density at radius 2 is 2.21 bits per heavy atom. The summed E-state index contributed by atoms with van der Waals surface area (Å²) in [6.07, 6.45) is -0.562. The van der Waals surface area contributed by atoms with Crippen molar-refractivity contribution in [3.05, 3.63) is 29.3 Å². The van der Waals surface area contributed by atoms with Gasteiger partial charge < -0.3 is 9.84 Å². The van der Waals surface area contributed by atoms with Crippen molar-refractivity contribution in [3.8, 4) is 5.75 Å². The number of hydrogen-bond donors (Lipinski definition) is 1. The van der Waals surface area contributed by atoms with Crippen LogP contribution in [0, 0.1) is 0 Å². The maximum Gasteiger partial charge on any atom is 0.128 e. The lowest BCUT2D eigenvalue weighted by molar-refractivity contribution is 0.295. The van der Waals surface area contributed by atoms with Gasteiger partial charge in [0.25, 0.3) is 0 Å². The van der Waals surface area contributed by atoms with Gasteiger partial charge in [0, 0.05) is 12.2 Å². The Balaban J connectivity index is 3.11. The van der Waals surface area contributed by atoms with Crippen molar-refractivity contribution in [3.63, 3.8) is 0 Å². The SMILES string of the molecule is COc1c(CCO)cccc1C(C)F. The molecule has 2 nitrogen and oxygen atoms in total. The predicted molar refractivity (Wildman–Crippen MR) is 53.3 cm³/mol. The summed E-state index contributed by atoms with van der Waals surface area (Å²) < 4.78 is 18.3. The average molecular weight is 198 g/mol. The van der Waals surface area contributed by atoms with Gasteiger partial charge in [-0.1, -0.05) is 18.2 Å². The van der Waals surface area contributed by atoms with E-state index in [2.05, 4.69) is 0 Å². The van der Waals surface area contributed by atoms with Gasteiger partial charge >= 0.3 is 0 Å². The first kappa shape index (κ1) is 11.0. The van der Waals surface area contributed by atoms with Crippen molar-refractivity contribution in [1.82, 2.24) is 0 Å². The number of ether oxygens (including phenoxy) is 1. The Morgan fingerprint density at radius 1 is 1.50 bits per heavy atom. The van der Waals surface area contributed by atoms with Crippen LogP contribution in [0.1, 0.15) is 24.2 Å². The second-order valence-corrected chi connectivity index (χ2v) is 3.13. The highest BCUT2D eigenvalue weighted by Gasteiger charge is 2.13. The zero-order valence-corrected chi connectivity index (χ0v) is 8.46. The molecule has 3 heteroatoms. The summed E-state index contributed by atoms with van der Waals surface area (Å²) in [4.78, 5) is 0. The van der Waals surface area contributed by atoms with Crippen LogP contribution in [0.5, 0.6) is 5.75 Å². The maximum atomic E-state index is 13.2. The number of rotatable bonds is 4. The number of benzene rings is 1. The fraction of sp³-hybridized carbons (Fsp3) is 0.455. The van der Waals surface area contributed by atoms with Gasteiger partial charge in [-0.3, -0.25) is 0 Å². The van der Waals surface area contributed by atoms with E-state index >= 15 is 0 Å². The van der Waals surface area contributed by atoms with Crippen LogP contribution in [-0.2, 0) is 6.42 Å². The normalized spacial score (nSPS) is 12.6. The molecule has 0 amide bonds. The van der Waals surface area contributed by atoms with Crippen molar-refractivity contribution in [2.24, 2.45) is 0 Å². The first-order chi connectivity index (χ1) is 6.70. The molecule has 0 radical (unpaired) electrons. The fourth-order valence-corrected chi connectivity index (χ4v) is 1.48. The molecule has 14 heavy (non-hydrogen) atoms. The Bertz CT molecular complexity index is 297. The summed E-state index contributed by atoms with van der Waals surface area (Å²) >= 11 is 0. The van der Waals surface area contributed by atoms with Gasteiger partial charge in [-0.2, -0.15) is 0 Å². The van der Waals surface area contributed by atoms with E-state index < -0.39 is 6.17 Å². The second-order valence-electron chi connectivity index (χ2n) is 3.13. The largest absolute Gasteiger partial charge is 0.496 e. The van der Waals surface area contributed by atoms with Crippen LogP contribution in [0.3, 0.4) is 0 Å². The lowest BCUT2D eigenvalue weighted by atomic mass is 10.0. The van der Waals surface area contributed by atoms with Crippen LogP contribution in [0.4, 0.5) is 4.39 Å². The van der Waals surface area contributed by atoms with Gasteiger partial charge in [-0.05, 0) is 18.9 Å². The third kappa shape index (κ3) is 2.23. The predicted octanol–water partition coefficient (Wildman–Crippen LogP) is 2.26. The van der Waals surface area contributed by atoms with Crippen LogP contribution in [0.25, 0.3) is 0 Å². The van der Waals surface area contributed by atoms with E-state index in [1.165, 1.54) is 14.0 Å². The van der Waals surface area contributed by atoms with Crippen molar-refractivity contribution in [2.45, 2.75) is 19.5 Å². The molecule has 1 aromatic carbocycles. The third-order valence-electron chi connectivity index (χ3n) is 2.14. The molecule has 0 aromatic heterocycles. The van der Waals surface area contributed by atoms with Crippen LogP contribution in [-0.4, -0.2) is 18.8 Å². The Labute approximate surface area is 83.3 Å². The molecule has 0 heterocycles. The van der Waals surface area contributed by atoms with Crippen LogP contribution in [0.15, 0.2) is 18.2 Å². The number of aliphatic hydroxyl groups is 1. The summed E-state index contributed by atoms with van der Waals surface area (Å²) in [6.45, 7) is 1.51. The van der Waals surface area contributed by atoms with Gasteiger partial charge in [0.05, 0.1) is 7.11 Å². The smallest absolute Gasteiger partial charge is 0.128 e. The summed E-state index contributed by atoms with van der Waals surface area (Å²) in [6, 6.07) is 5.31. The van der Waals surface area contributed by atoms with Gasteiger partial charge in [-0.25, -0.2) is 4.39 Å².